The minimum Gasteiger partial charge on any atom is -0.461 e. The Morgan fingerprint density at radius 2 is 1.43 bits per heavy atom. The van der Waals surface area contributed by atoms with Crippen molar-refractivity contribution in [3.05, 3.63) is 35.9 Å². The van der Waals surface area contributed by atoms with Gasteiger partial charge in [0.25, 0.3) is 0 Å². The Balaban J connectivity index is 1.73. The molecule has 0 saturated carbocycles. The van der Waals surface area contributed by atoms with E-state index in [1.54, 1.807) is 0 Å². The molecule has 1 rings (SSSR count). The molecular formula is C24H43N3O3. The second-order valence-corrected chi connectivity index (χ2v) is 7.53. The highest BCUT2D eigenvalue weighted by Crippen LogP contribution is 2.03. The van der Waals surface area contributed by atoms with Crippen LogP contribution >= 0.6 is 0 Å². The van der Waals surface area contributed by atoms with Crippen LogP contribution < -0.4 is 16.0 Å². The highest BCUT2D eigenvalue weighted by Gasteiger charge is 2.03. The van der Waals surface area contributed by atoms with E-state index in [9.17, 15) is 4.79 Å². The fourth-order valence-corrected chi connectivity index (χ4v) is 2.89. The minimum atomic E-state index is -0.122. The predicted molar refractivity (Wildman–Crippen MR) is 124 cm³/mol. The molecule has 6 nitrogen and oxygen atoms in total. The van der Waals surface area contributed by atoms with Gasteiger partial charge in [-0.2, -0.15) is 0 Å². The van der Waals surface area contributed by atoms with E-state index in [-0.39, 0.29) is 5.97 Å². The van der Waals surface area contributed by atoms with Gasteiger partial charge in [-0.05, 0) is 70.4 Å². The van der Waals surface area contributed by atoms with Gasteiger partial charge in [-0.3, -0.25) is 4.79 Å². The fraction of sp³-hybridized carbons (Fsp3) is 0.708. The second kappa shape index (κ2) is 20.8. The number of hydrogen-bond acceptors (Lipinski definition) is 6. The van der Waals surface area contributed by atoms with Crippen LogP contribution in [0.2, 0.25) is 0 Å². The molecule has 0 radical (unpaired) electrons. The zero-order valence-electron chi connectivity index (χ0n) is 18.9. The van der Waals surface area contributed by atoms with E-state index in [4.69, 9.17) is 9.47 Å². The van der Waals surface area contributed by atoms with E-state index >= 15 is 0 Å². The van der Waals surface area contributed by atoms with Gasteiger partial charge in [-0.25, -0.2) is 0 Å². The molecule has 1 aromatic carbocycles. The molecule has 0 aliphatic heterocycles. The number of esters is 1. The van der Waals surface area contributed by atoms with Crippen molar-refractivity contribution in [1.82, 2.24) is 16.0 Å². The Bertz CT molecular complexity index is 500. The van der Waals surface area contributed by atoms with Crippen molar-refractivity contribution in [1.29, 1.82) is 0 Å². The number of carbonyl (C=O) groups is 1. The van der Waals surface area contributed by atoms with E-state index in [1.807, 2.05) is 30.3 Å². The highest BCUT2D eigenvalue weighted by molar-refractivity contribution is 5.69. The first kappa shape index (κ1) is 26.6. The Kier molecular flexibility index (Phi) is 18.4. The lowest BCUT2D eigenvalue weighted by Gasteiger charge is -2.08. The van der Waals surface area contributed by atoms with Crippen LogP contribution in [0.4, 0.5) is 0 Å². The molecule has 172 valence electrons. The summed E-state index contributed by atoms with van der Waals surface area (Å²) in [5, 5.41) is 10.3. The van der Waals surface area contributed by atoms with E-state index in [0.29, 0.717) is 13.0 Å². The van der Waals surface area contributed by atoms with Crippen molar-refractivity contribution in [3.63, 3.8) is 0 Å². The quantitative estimate of drug-likeness (QED) is 0.209. The molecule has 3 N–H and O–H groups in total. The zero-order valence-corrected chi connectivity index (χ0v) is 18.9. The minimum absolute atomic E-state index is 0.122. The molecule has 0 fully saturated rings. The summed E-state index contributed by atoms with van der Waals surface area (Å²) in [5.74, 6) is -0.122. The number of carbonyl (C=O) groups excluding carboxylic acids is 1. The molecule has 0 bridgehead atoms. The summed E-state index contributed by atoms with van der Waals surface area (Å²) >= 11 is 0. The lowest BCUT2D eigenvalue weighted by Crippen LogP contribution is -2.24. The lowest BCUT2D eigenvalue weighted by molar-refractivity contribution is -0.145. The maximum Gasteiger partial charge on any atom is 0.306 e. The summed E-state index contributed by atoms with van der Waals surface area (Å²) in [4.78, 5) is 11.7. The number of nitrogens with one attached hydrogen (secondary N) is 3. The van der Waals surface area contributed by atoms with Crippen LogP contribution in [-0.4, -0.2) is 58.5 Å². The van der Waals surface area contributed by atoms with Gasteiger partial charge in [0.15, 0.2) is 0 Å². The second-order valence-electron chi connectivity index (χ2n) is 7.53. The lowest BCUT2D eigenvalue weighted by atomic mass is 10.2. The van der Waals surface area contributed by atoms with Crippen molar-refractivity contribution in [2.45, 2.75) is 58.5 Å². The van der Waals surface area contributed by atoms with Gasteiger partial charge in [0.1, 0.15) is 6.61 Å². The highest BCUT2D eigenvalue weighted by atomic mass is 16.5. The normalized spacial score (nSPS) is 11.0. The van der Waals surface area contributed by atoms with E-state index in [0.717, 1.165) is 77.3 Å². The largest absolute Gasteiger partial charge is 0.461 e. The Morgan fingerprint density at radius 3 is 2.20 bits per heavy atom. The predicted octanol–water partition coefficient (Wildman–Crippen LogP) is 3.27. The van der Waals surface area contributed by atoms with Gasteiger partial charge in [0.05, 0.1) is 6.61 Å². The van der Waals surface area contributed by atoms with Crippen molar-refractivity contribution in [2.75, 3.05) is 52.5 Å². The summed E-state index contributed by atoms with van der Waals surface area (Å²) in [6.07, 6.45) is 7.05. The average molecular weight is 422 g/mol. The summed E-state index contributed by atoms with van der Waals surface area (Å²) in [7, 11) is 0. The molecule has 0 aliphatic rings. The third-order valence-corrected chi connectivity index (χ3v) is 4.71. The summed E-state index contributed by atoms with van der Waals surface area (Å²) in [5.41, 5.74) is 1.03. The molecule has 0 aromatic heterocycles. The number of hydrogen-bond donors (Lipinski definition) is 3. The first-order chi connectivity index (χ1) is 14.8. The standard InChI is InChI=1S/C24H43N3O3/c1-2-3-14-25-16-9-17-26-18-10-20-29-21-19-27-15-8-7-13-24(28)30-22-23-11-5-4-6-12-23/h4-6,11-12,25-27H,2-3,7-10,13-22H2,1H3. The van der Waals surface area contributed by atoms with E-state index in [2.05, 4.69) is 22.9 Å². The van der Waals surface area contributed by atoms with Crippen LogP contribution in [0.1, 0.15) is 57.4 Å². The smallest absolute Gasteiger partial charge is 0.306 e. The number of ether oxygens (including phenoxy) is 2. The van der Waals surface area contributed by atoms with Crippen LogP contribution in [0.3, 0.4) is 0 Å². The van der Waals surface area contributed by atoms with Crippen LogP contribution in [0, 0.1) is 0 Å². The molecule has 0 spiro atoms. The Labute approximate surface area is 183 Å². The van der Waals surface area contributed by atoms with Crippen molar-refractivity contribution in [3.8, 4) is 0 Å². The van der Waals surface area contributed by atoms with Crippen LogP contribution in [-0.2, 0) is 20.9 Å². The van der Waals surface area contributed by atoms with Crippen LogP contribution in [0.25, 0.3) is 0 Å². The molecule has 0 aliphatic carbocycles. The van der Waals surface area contributed by atoms with Gasteiger partial charge in [-0.1, -0.05) is 43.7 Å². The summed E-state index contributed by atoms with van der Waals surface area (Å²) in [6.45, 7) is 10.2. The molecule has 1 aromatic rings. The molecule has 6 heteroatoms. The van der Waals surface area contributed by atoms with Crippen molar-refractivity contribution >= 4 is 5.97 Å². The molecule has 0 atom stereocenters. The van der Waals surface area contributed by atoms with Gasteiger partial charge in [-0.15, -0.1) is 0 Å². The Morgan fingerprint density at radius 1 is 0.767 bits per heavy atom. The molecule has 0 saturated heterocycles. The maximum absolute atomic E-state index is 11.7. The first-order valence-electron chi connectivity index (χ1n) is 11.7. The number of rotatable bonds is 21. The van der Waals surface area contributed by atoms with Crippen molar-refractivity contribution in [2.24, 2.45) is 0 Å². The molecule has 0 unspecified atom stereocenters. The number of unbranched alkanes of at least 4 members (excludes halogenated alkanes) is 2. The third-order valence-electron chi connectivity index (χ3n) is 4.71. The maximum atomic E-state index is 11.7. The monoisotopic (exact) mass is 421 g/mol. The van der Waals surface area contributed by atoms with Gasteiger partial charge in [0.2, 0.25) is 0 Å². The van der Waals surface area contributed by atoms with Gasteiger partial charge < -0.3 is 25.4 Å². The fourth-order valence-electron chi connectivity index (χ4n) is 2.89. The summed E-state index contributed by atoms with van der Waals surface area (Å²) < 4.78 is 10.9. The molecule has 30 heavy (non-hydrogen) atoms. The van der Waals surface area contributed by atoms with E-state index in [1.165, 1.54) is 19.3 Å². The number of benzene rings is 1. The topological polar surface area (TPSA) is 71.6 Å². The summed E-state index contributed by atoms with van der Waals surface area (Å²) in [6, 6.07) is 9.78. The van der Waals surface area contributed by atoms with Gasteiger partial charge >= 0.3 is 5.97 Å². The van der Waals surface area contributed by atoms with Crippen molar-refractivity contribution < 1.29 is 14.3 Å². The van der Waals surface area contributed by atoms with Crippen LogP contribution in [0.5, 0.6) is 0 Å². The van der Waals surface area contributed by atoms with E-state index < -0.39 is 0 Å². The average Bonchev–Trinajstić information content (AvgIpc) is 2.77. The molecule has 0 heterocycles. The molecule has 0 amide bonds. The SMILES string of the molecule is CCCCNCCCNCCCOCCNCCCCC(=O)OCc1ccccc1. The third kappa shape index (κ3) is 17.4. The van der Waals surface area contributed by atoms with Gasteiger partial charge in [0, 0.05) is 19.6 Å². The zero-order chi connectivity index (χ0) is 21.5. The molecular weight excluding hydrogens is 378 g/mol. The van der Waals surface area contributed by atoms with Crippen LogP contribution in [0.15, 0.2) is 30.3 Å². The first-order valence-corrected chi connectivity index (χ1v) is 11.7. The Hall–Kier alpha value is -1.47.